The number of aromatic nitrogens is 1. The maximum absolute atomic E-state index is 12.3. The van der Waals surface area contributed by atoms with Gasteiger partial charge in [-0.2, -0.15) is 5.10 Å². The molecule has 4 aromatic rings. The van der Waals surface area contributed by atoms with Crippen molar-refractivity contribution in [2.24, 2.45) is 5.10 Å². The second-order valence-electron chi connectivity index (χ2n) is 7.65. The summed E-state index contributed by atoms with van der Waals surface area (Å²) in [4.78, 5) is 12.3. The summed E-state index contributed by atoms with van der Waals surface area (Å²) in [5.41, 5.74) is 9.00. The number of carbonyl (C=O) groups is 1. The van der Waals surface area contributed by atoms with Crippen molar-refractivity contribution in [3.05, 3.63) is 106 Å². The van der Waals surface area contributed by atoms with E-state index in [1.54, 1.807) is 6.21 Å². The Kier molecular flexibility index (Phi) is 6.19. The van der Waals surface area contributed by atoms with Gasteiger partial charge >= 0.3 is 0 Å². The van der Waals surface area contributed by atoms with Crippen molar-refractivity contribution in [3.8, 4) is 0 Å². The van der Waals surface area contributed by atoms with E-state index in [1.807, 2.05) is 67.6 Å². The molecule has 1 amide bonds. The molecule has 156 valence electrons. The van der Waals surface area contributed by atoms with E-state index in [9.17, 15) is 4.79 Å². The van der Waals surface area contributed by atoms with E-state index in [-0.39, 0.29) is 5.91 Å². The minimum absolute atomic E-state index is 0.141. The number of para-hydroxylation sites is 1. The van der Waals surface area contributed by atoms with Gasteiger partial charge in [0.15, 0.2) is 0 Å². The molecule has 1 aromatic heterocycles. The van der Waals surface area contributed by atoms with Gasteiger partial charge in [0.05, 0.1) is 12.6 Å². The number of hydrogen-bond donors (Lipinski definition) is 1. The summed E-state index contributed by atoms with van der Waals surface area (Å²) >= 11 is 6.39. The van der Waals surface area contributed by atoms with Crippen molar-refractivity contribution in [2.45, 2.75) is 26.8 Å². The molecule has 0 saturated heterocycles. The van der Waals surface area contributed by atoms with E-state index >= 15 is 0 Å². The van der Waals surface area contributed by atoms with Crippen LogP contribution in [0.4, 0.5) is 0 Å². The highest BCUT2D eigenvalue weighted by Crippen LogP contribution is 2.27. The van der Waals surface area contributed by atoms with E-state index in [1.165, 1.54) is 5.56 Å². The zero-order valence-corrected chi connectivity index (χ0v) is 18.4. The first-order valence-electron chi connectivity index (χ1n) is 10.2. The van der Waals surface area contributed by atoms with Crippen LogP contribution < -0.4 is 5.43 Å². The number of amides is 1. The summed E-state index contributed by atoms with van der Waals surface area (Å²) in [6.45, 7) is 4.75. The first kappa shape index (κ1) is 20.9. The number of hydrazone groups is 1. The van der Waals surface area contributed by atoms with Crippen molar-refractivity contribution in [2.75, 3.05) is 0 Å². The molecule has 4 nitrogen and oxygen atoms in total. The summed E-state index contributed by atoms with van der Waals surface area (Å²) in [6.07, 6.45) is 2.03. The van der Waals surface area contributed by atoms with E-state index < -0.39 is 0 Å². The second-order valence-corrected chi connectivity index (χ2v) is 8.06. The Balaban J connectivity index is 1.56. The van der Waals surface area contributed by atoms with Gasteiger partial charge in [-0.15, -0.1) is 0 Å². The summed E-state index contributed by atoms with van der Waals surface area (Å²) < 4.78 is 2.23. The van der Waals surface area contributed by atoms with Gasteiger partial charge in [0, 0.05) is 33.7 Å². The standard InChI is InChI=1S/C26H24ClN3O/c1-18-11-13-20(14-12-18)15-26(31)29-28-16-23-19(2)30(25-10-6-4-8-22(23)25)17-21-7-3-5-9-24(21)27/h3-14,16H,15,17H2,1-2H3,(H,29,31). The lowest BCUT2D eigenvalue weighted by Gasteiger charge is -2.10. The lowest BCUT2D eigenvalue weighted by molar-refractivity contribution is -0.120. The van der Waals surface area contributed by atoms with Crippen LogP contribution in [0.1, 0.15) is 27.9 Å². The third-order valence-corrected chi connectivity index (χ3v) is 5.80. The Morgan fingerprint density at radius 1 is 1.00 bits per heavy atom. The van der Waals surface area contributed by atoms with Crippen molar-refractivity contribution in [1.29, 1.82) is 0 Å². The molecule has 0 spiro atoms. The topological polar surface area (TPSA) is 46.4 Å². The van der Waals surface area contributed by atoms with Gasteiger partial charge in [0.25, 0.3) is 0 Å². The Morgan fingerprint density at radius 2 is 1.71 bits per heavy atom. The quantitative estimate of drug-likeness (QED) is 0.312. The van der Waals surface area contributed by atoms with Crippen LogP contribution in [0.2, 0.25) is 5.02 Å². The average Bonchev–Trinajstić information content (AvgIpc) is 3.03. The average molecular weight is 430 g/mol. The minimum Gasteiger partial charge on any atom is -0.340 e. The van der Waals surface area contributed by atoms with Crippen LogP contribution in [0.25, 0.3) is 10.9 Å². The highest BCUT2D eigenvalue weighted by Gasteiger charge is 2.13. The number of aryl methyl sites for hydroxylation is 1. The van der Waals surface area contributed by atoms with Crippen molar-refractivity contribution in [1.82, 2.24) is 9.99 Å². The number of carbonyl (C=O) groups excluding carboxylic acids is 1. The molecule has 0 unspecified atom stereocenters. The number of nitrogens with one attached hydrogen (secondary N) is 1. The lowest BCUT2D eigenvalue weighted by Crippen LogP contribution is -2.19. The van der Waals surface area contributed by atoms with Gasteiger partial charge in [-0.25, -0.2) is 5.43 Å². The molecule has 0 aliphatic carbocycles. The second kappa shape index (κ2) is 9.19. The zero-order chi connectivity index (χ0) is 21.8. The fraction of sp³-hybridized carbons (Fsp3) is 0.154. The van der Waals surface area contributed by atoms with Gasteiger partial charge in [-0.3, -0.25) is 4.79 Å². The molecule has 0 fully saturated rings. The Hall–Kier alpha value is -3.37. The molecule has 0 bridgehead atoms. The molecule has 0 radical (unpaired) electrons. The predicted octanol–water partition coefficient (Wildman–Crippen LogP) is 5.65. The highest BCUT2D eigenvalue weighted by atomic mass is 35.5. The van der Waals surface area contributed by atoms with Gasteiger partial charge in [-0.05, 0) is 37.1 Å². The van der Waals surface area contributed by atoms with Crippen molar-refractivity contribution < 1.29 is 4.79 Å². The first-order chi connectivity index (χ1) is 15.0. The van der Waals surface area contributed by atoms with Gasteiger partial charge in [0.2, 0.25) is 5.91 Å². The normalized spacial score (nSPS) is 11.3. The van der Waals surface area contributed by atoms with Crippen LogP contribution in [0.15, 0.2) is 77.9 Å². The maximum atomic E-state index is 12.3. The summed E-state index contributed by atoms with van der Waals surface area (Å²) in [6, 6.07) is 24.0. The monoisotopic (exact) mass is 429 g/mol. The Labute approximate surface area is 187 Å². The maximum Gasteiger partial charge on any atom is 0.244 e. The number of nitrogens with zero attached hydrogens (tertiary/aromatic N) is 2. The molecular weight excluding hydrogens is 406 g/mol. The Morgan fingerprint density at radius 3 is 2.48 bits per heavy atom. The lowest BCUT2D eigenvalue weighted by atomic mass is 10.1. The molecule has 31 heavy (non-hydrogen) atoms. The van der Waals surface area contributed by atoms with Crippen LogP contribution in [-0.2, 0) is 17.8 Å². The molecule has 0 saturated carbocycles. The van der Waals surface area contributed by atoms with Crippen LogP contribution >= 0.6 is 11.6 Å². The number of rotatable bonds is 6. The number of halogens is 1. The largest absolute Gasteiger partial charge is 0.340 e. The van der Waals surface area contributed by atoms with Crippen molar-refractivity contribution in [3.63, 3.8) is 0 Å². The predicted molar refractivity (Wildman–Crippen MR) is 128 cm³/mol. The molecule has 4 rings (SSSR count). The number of fused-ring (bicyclic) bond motifs is 1. The third-order valence-electron chi connectivity index (χ3n) is 5.43. The van der Waals surface area contributed by atoms with Gasteiger partial charge in [0.1, 0.15) is 0 Å². The SMILES string of the molecule is Cc1ccc(CC(=O)NN=Cc2c(C)n(Cc3ccccc3Cl)c3ccccc23)cc1. The van der Waals surface area contributed by atoms with Gasteiger partial charge in [-0.1, -0.05) is 77.8 Å². The number of benzene rings is 3. The fourth-order valence-electron chi connectivity index (χ4n) is 3.72. The smallest absolute Gasteiger partial charge is 0.244 e. The first-order valence-corrected chi connectivity index (χ1v) is 10.6. The molecule has 3 aromatic carbocycles. The van der Waals surface area contributed by atoms with Gasteiger partial charge < -0.3 is 4.57 Å². The summed E-state index contributed by atoms with van der Waals surface area (Å²) in [5.74, 6) is -0.141. The molecule has 0 atom stereocenters. The van der Waals surface area contributed by atoms with Crippen molar-refractivity contribution >= 4 is 34.6 Å². The number of hydrogen-bond acceptors (Lipinski definition) is 2. The fourth-order valence-corrected chi connectivity index (χ4v) is 3.92. The molecule has 0 aliphatic heterocycles. The molecule has 1 N–H and O–H groups in total. The molecular formula is C26H24ClN3O. The van der Waals surface area contributed by atoms with Crippen LogP contribution in [0.5, 0.6) is 0 Å². The van der Waals surface area contributed by atoms with E-state index in [0.29, 0.717) is 13.0 Å². The van der Waals surface area contributed by atoms with Crippen LogP contribution in [0.3, 0.4) is 0 Å². The zero-order valence-electron chi connectivity index (χ0n) is 17.6. The molecule has 0 aliphatic rings. The minimum atomic E-state index is -0.141. The van der Waals surface area contributed by atoms with E-state index in [0.717, 1.165) is 38.3 Å². The van der Waals surface area contributed by atoms with E-state index in [4.69, 9.17) is 11.6 Å². The highest BCUT2D eigenvalue weighted by molar-refractivity contribution is 6.31. The summed E-state index contributed by atoms with van der Waals surface area (Å²) in [5, 5.41) is 6.08. The molecule has 5 heteroatoms. The third kappa shape index (κ3) is 4.70. The Bertz CT molecular complexity index is 1260. The van der Waals surface area contributed by atoms with Crippen LogP contribution in [-0.4, -0.2) is 16.7 Å². The van der Waals surface area contributed by atoms with Crippen LogP contribution in [0, 0.1) is 13.8 Å². The summed E-state index contributed by atoms with van der Waals surface area (Å²) in [7, 11) is 0. The molecule has 1 heterocycles. The van der Waals surface area contributed by atoms with E-state index in [2.05, 4.69) is 34.2 Å².